The Morgan fingerprint density at radius 3 is 2.69 bits per heavy atom. The Hall–Kier alpha value is -1.92. The van der Waals surface area contributed by atoms with Crippen LogP contribution in [0, 0.1) is 23.5 Å². The minimum absolute atomic E-state index is 0.00220. The number of amides is 1. The molecule has 4 rings (SSSR count). The van der Waals surface area contributed by atoms with Crippen molar-refractivity contribution in [3.8, 4) is 11.1 Å². The molecular weight excluding hydrogens is 390 g/mol. The van der Waals surface area contributed by atoms with Gasteiger partial charge in [-0.2, -0.15) is 0 Å². The summed E-state index contributed by atoms with van der Waals surface area (Å²) in [5.41, 5.74) is 1.43. The fourth-order valence-electron chi connectivity index (χ4n) is 4.48. The van der Waals surface area contributed by atoms with Gasteiger partial charge in [0.05, 0.1) is 5.56 Å². The normalized spacial score (nSPS) is 23.8. The second-order valence-corrected chi connectivity index (χ2v) is 8.67. The number of piperidine rings is 1. The first-order valence-electron chi connectivity index (χ1n) is 10.2. The van der Waals surface area contributed by atoms with Gasteiger partial charge in [-0.15, -0.1) is 0 Å². The van der Waals surface area contributed by atoms with Gasteiger partial charge >= 0.3 is 0 Å². The molecule has 0 spiro atoms. The molecule has 1 saturated heterocycles. The summed E-state index contributed by atoms with van der Waals surface area (Å²) < 4.78 is 32.0. The van der Waals surface area contributed by atoms with E-state index in [1.54, 1.807) is 24.1 Å². The number of nitrogens with one attached hydrogen (secondary N) is 1. The van der Waals surface area contributed by atoms with Crippen molar-refractivity contribution < 1.29 is 13.6 Å². The van der Waals surface area contributed by atoms with Crippen molar-refractivity contribution in [2.75, 3.05) is 25.9 Å². The van der Waals surface area contributed by atoms with E-state index in [-0.39, 0.29) is 23.3 Å². The van der Waals surface area contributed by atoms with Gasteiger partial charge in [-0.3, -0.25) is 9.52 Å². The Kier molecular flexibility index (Phi) is 6.20. The average Bonchev–Trinajstić information content (AvgIpc) is 3.53. The number of likely N-dealkylation sites (tertiary alicyclic amines) is 1. The summed E-state index contributed by atoms with van der Waals surface area (Å²) in [6, 6.07) is 11.3. The lowest BCUT2D eigenvalue weighted by Crippen LogP contribution is -2.43. The first kappa shape index (κ1) is 20.4. The maximum Gasteiger partial charge on any atom is 0.226 e. The highest BCUT2D eigenvalue weighted by molar-refractivity contribution is 7.96. The molecule has 0 radical (unpaired) electrons. The molecule has 1 aliphatic carbocycles. The van der Waals surface area contributed by atoms with E-state index >= 15 is 0 Å². The van der Waals surface area contributed by atoms with E-state index in [2.05, 4.69) is 4.72 Å². The lowest BCUT2D eigenvalue weighted by Gasteiger charge is -2.33. The molecule has 1 aliphatic heterocycles. The van der Waals surface area contributed by atoms with E-state index in [1.165, 1.54) is 18.2 Å². The molecule has 3 atom stereocenters. The number of benzene rings is 2. The smallest absolute Gasteiger partial charge is 0.226 e. The Morgan fingerprint density at radius 1 is 1.17 bits per heavy atom. The summed E-state index contributed by atoms with van der Waals surface area (Å²) in [6.45, 7) is 2.51. The third-order valence-corrected chi connectivity index (χ3v) is 6.50. The van der Waals surface area contributed by atoms with E-state index < -0.39 is 11.6 Å². The molecule has 3 nitrogen and oxygen atoms in total. The zero-order chi connectivity index (χ0) is 20.4. The van der Waals surface area contributed by atoms with Gasteiger partial charge in [-0.05, 0) is 60.6 Å². The quantitative estimate of drug-likeness (QED) is 0.684. The first-order valence-corrected chi connectivity index (χ1v) is 11.4. The minimum Gasteiger partial charge on any atom is -0.342 e. The summed E-state index contributed by atoms with van der Waals surface area (Å²) in [4.78, 5) is 15.1. The number of rotatable bonds is 6. The highest BCUT2D eigenvalue weighted by Crippen LogP contribution is 2.51. The maximum absolute atomic E-state index is 14.4. The molecule has 0 aromatic heterocycles. The number of hydrogen-bond donors (Lipinski definition) is 1. The third-order valence-electron chi connectivity index (χ3n) is 6.05. The largest absolute Gasteiger partial charge is 0.342 e. The molecule has 2 aromatic rings. The van der Waals surface area contributed by atoms with Gasteiger partial charge in [-0.25, -0.2) is 8.78 Å². The molecule has 6 heteroatoms. The number of carbonyl (C=O) groups is 1. The maximum atomic E-state index is 14.4. The molecule has 3 unspecified atom stereocenters. The molecule has 1 N–H and O–H groups in total. The van der Waals surface area contributed by atoms with Crippen LogP contribution in [0.2, 0.25) is 0 Å². The van der Waals surface area contributed by atoms with Gasteiger partial charge in [0, 0.05) is 25.6 Å². The molecule has 0 bridgehead atoms. The van der Waals surface area contributed by atoms with Crippen LogP contribution in [0.15, 0.2) is 42.5 Å². The van der Waals surface area contributed by atoms with Crippen LogP contribution < -0.4 is 4.72 Å². The second kappa shape index (κ2) is 8.84. The molecule has 2 aromatic carbocycles. The molecule has 1 saturated carbocycles. The third kappa shape index (κ3) is 4.33. The molecule has 154 valence electrons. The standard InChI is InChI=1S/C23H26F2N2OS/c1-29-26-13-15-6-5-11-27(14-15)23(28)19-12-18(19)16-7-2-3-8-17(16)22-20(24)9-4-10-21(22)25/h2-4,7-10,15,18-19,26H,5-6,11-14H2,1H3. The van der Waals surface area contributed by atoms with E-state index in [1.807, 2.05) is 23.3 Å². The van der Waals surface area contributed by atoms with Gasteiger partial charge in [0.25, 0.3) is 0 Å². The summed E-state index contributed by atoms with van der Waals surface area (Å²) in [5, 5.41) is 0. The van der Waals surface area contributed by atoms with Crippen molar-refractivity contribution in [2.24, 2.45) is 11.8 Å². The number of carbonyl (C=O) groups excluding carboxylic acids is 1. The minimum atomic E-state index is -0.568. The van der Waals surface area contributed by atoms with Crippen molar-refractivity contribution in [2.45, 2.75) is 25.2 Å². The topological polar surface area (TPSA) is 32.3 Å². The van der Waals surface area contributed by atoms with Crippen molar-refractivity contribution in [1.82, 2.24) is 9.62 Å². The number of nitrogens with zero attached hydrogens (tertiary/aromatic N) is 1. The van der Waals surface area contributed by atoms with Crippen LogP contribution >= 0.6 is 11.9 Å². The van der Waals surface area contributed by atoms with E-state index in [9.17, 15) is 13.6 Å². The average molecular weight is 417 g/mol. The Bertz CT molecular complexity index is 871. The van der Waals surface area contributed by atoms with Crippen molar-refractivity contribution >= 4 is 17.9 Å². The molecule has 2 fully saturated rings. The molecule has 29 heavy (non-hydrogen) atoms. The zero-order valence-electron chi connectivity index (χ0n) is 16.5. The summed E-state index contributed by atoms with van der Waals surface area (Å²) in [6.07, 6.45) is 4.92. The molecule has 1 amide bonds. The van der Waals surface area contributed by atoms with E-state index in [4.69, 9.17) is 0 Å². The van der Waals surface area contributed by atoms with Crippen LogP contribution in [0.25, 0.3) is 11.1 Å². The SMILES string of the molecule is CSNCC1CCCN(C(=O)C2CC2c2ccccc2-c2c(F)cccc2F)C1. The number of halogens is 2. The van der Waals surface area contributed by atoms with Gasteiger partial charge < -0.3 is 4.90 Å². The zero-order valence-corrected chi connectivity index (χ0v) is 17.4. The molecular formula is C23H26F2N2OS. The van der Waals surface area contributed by atoms with Gasteiger partial charge in [0.2, 0.25) is 5.91 Å². The van der Waals surface area contributed by atoms with Crippen LogP contribution in [0.5, 0.6) is 0 Å². The van der Waals surface area contributed by atoms with Crippen molar-refractivity contribution in [1.29, 1.82) is 0 Å². The van der Waals surface area contributed by atoms with E-state index in [0.29, 0.717) is 11.5 Å². The Balaban J connectivity index is 1.50. The fourth-order valence-corrected chi connectivity index (χ4v) is 4.88. The van der Waals surface area contributed by atoms with Crippen LogP contribution in [0.4, 0.5) is 8.78 Å². The van der Waals surface area contributed by atoms with Gasteiger partial charge in [0.15, 0.2) is 0 Å². The molecule has 1 heterocycles. The Morgan fingerprint density at radius 2 is 1.93 bits per heavy atom. The van der Waals surface area contributed by atoms with Gasteiger partial charge in [-0.1, -0.05) is 42.3 Å². The van der Waals surface area contributed by atoms with Crippen LogP contribution in [0.3, 0.4) is 0 Å². The monoisotopic (exact) mass is 416 g/mol. The van der Waals surface area contributed by atoms with Crippen molar-refractivity contribution in [3.05, 3.63) is 59.7 Å². The lowest BCUT2D eigenvalue weighted by atomic mass is 9.94. The Labute approximate surface area is 175 Å². The fraction of sp³-hybridized carbons (Fsp3) is 0.435. The van der Waals surface area contributed by atoms with Crippen LogP contribution in [-0.2, 0) is 4.79 Å². The summed E-state index contributed by atoms with van der Waals surface area (Å²) in [5.74, 6) is -0.521. The first-order chi connectivity index (χ1) is 14.1. The van der Waals surface area contributed by atoms with Crippen molar-refractivity contribution in [3.63, 3.8) is 0 Å². The summed E-state index contributed by atoms with van der Waals surface area (Å²) in [7, 11) is 0. The lowest BCUT2D eigenvalue weighted by molar-refractivity contribution is -0.134. The number of hydrogen-bond acceptors (Lipinski definition) is 3. The molecule has 2 aliphatic rings. The van der Waals surface area contributed by atoms with Crippen LogP contribution in [0.1, 0.15) is 30.7 Å². The van der Waals surface area contributed by atoms with E-state index in [0.717, 1.165) is 44.5 Å². The predicted octanol–water partition coefficient (Wildman–Crippen LogP) is 4.84. The highest BCUT2D eigenvalue weighted by atomic mass is 32.2. The summed E-state index contributed by atoms with van der Waals surface area (Å²) >= 11 is 1.61. The van der Waals surface area contributed by atoms with Crippen LogP contribution in [-0.4, -0.2) is 36.7 Å². The highest BCUT2D eigenvalue weighted by Gasteiger charge is 2.47. The second-order valence-electron chi connectivity index (χ2n) is 7.98. The van der Waals surface area contributed by atoms with Gasteiger partial charge in [0.1, 0.15) is 11.6 Å². The predicted molar refractivity (Wildman–Crippen MR) is 113 cm³/mol.